The first-order chi connectivity index (χ1) is 58.2. The number of amides is 16. The Kier molecular flexibility index (Phi) is 46.2. The zero-order valence-corrected chi connectivity index (χ0v) is 66.5. The second-order valence-corrected chi connectivity index (χ2v) is 27.9. The van der Waals surface area contributed by atoms with Gasteiger partial charge in [0.15, 0.2) is 0 Å². The third kappa shape index (κ3) is 47.5. The third-order valence-electron chi connectivity index (χ3n) is 16.3. The van der Waals surface area contributed by atoms with Gasteiger partial charge in [0.25, 0.3) is 0 Å². The Bertz CT molecular complexity index is 3860. The maximum atomic E-state index is 14.8. The van der Waals surface area contributed by atoms with Crippen molar-refractivity contribution in [1.82, 2.24) is 85.1 Å². The van der Waals surface area contributed by atoms with Crippen LogP contribution in [0.4, 0.5) is 110 Å². The van der Waals surface area contributed by atoms with E-state index in [0.717, 1.165) is 0 Å². The smallest absolute Gasteiger partial charge is 0.459 e. The third-order valence-corrected chi connectivity index (χ3v) is 16.3. The lowest BCUT2D eigenvalue weighted by molar-refractivity contribution is -0.173. The van der Waals surface area contributed by atoms with E-state index in [-0.39, 0.29) is 5.56 Å². The Morgan fingerprint density at radius 2 is 0.417 bits per heavy atom. The quantitative estimate of drug-likeness (QED) is 0.0253. The Morgan fingerprint density at radius 3 is 0.591 bits per heavy atom. The van der Waals surface area contributed by atoms with Crippen LogP contribution in [0.25, 0.3) is 0 Å². The predicted octanol–water partition coefficient (Wildman–Crippen LogP) is 2.69. The lowest BCUT2D eigenvalue weighted by Gasteiger charge is -2.28. The van der Waals surface area contributed by atoms with Crippen molar-refractivity contribution in [2.24, 2.45) is 0 Å². The van der Waals surface area contributed by atoms with Crippen molar-refractivity contribution < 1.29 is 196 Å². The van der Waals surface area contributed by atoms with E-state index in [0.29, 0.717) is 0 Å². The molecule has 16 amide bonds. The number of alkyl carbamates (subject to hydrolysis) is 1. The van der Waals surface area contributed by atoms with Gasteiger partial charge in [-0.1, -0.05) is 30.3 Å². The second-order valence-electron chi connectivity index (χ2n) is 27.9. The van der Waals surface area contributed by atoms with Crippen LogP contribution in [-0.2, 0) is 92.8 Å². The van der Waals surface area contributed by atoms with Crippen LogP contribution >= 0.6 is 0 Å². The lowest BCUT2D eigenvalue weighted by Crippen LogP contribution is -2.60. The van der Waals surface area contributed by atoms with Gasteiger partial charge in [-0.05, 0) is 129 Å². The van der Waals surface area contributed by atoms with Crippen LogP contribution in [0.1, 0.15) is 129 Å². The van der Waals surface area contributed by atoms with Crippen molar-refractivity contribution in [2.75, 3.05) is 52.4 Å². The Labute approximate surface area is 702 Å². The van der Waals surface area contributed by atoms with E-state index in [4.69, 9.17) is 9.47 Å². The fourth-order valence-corrected chi connectivity index (χ4v) is 10.2. The Balaban J connectivity index is 4.46. The number of esters is 1. The minimum absolute atomic E-state index is 0.251. The number of carbonyl (C=O) groups excluding carboxylic acids is 17. The van der Waals surface area contributed by atoms with E-state index in [1.165, 1.54) is 93.6 Å². The summed E-state index contributed by atoms with van der Waals surface area (Å²) >= 11 is 0. The van der Waals surface area contributed by atoms with Crippen LogP contribution in [0.15, 0.2) is 30.3 Å². The van der Waals surface area contributed by atoms with Crippen molar-refractivity contribution in [3.63, 3.8) is 0 Å². The van der Waals surface area contributed by atoms with Crippen LogP contribution in [-0.4, -0.2) is 256 Å². The first-order valence-corrected chi connectivity index (χ1v) is 37.4. The van der Waals surface area contributed by atoms with E-state index in [9.17, 15) is 187 Å². The maximum absolute atomic E-state index is 14.8. The minimum atomic E-state index is -5.67. The molecule has 1 aromatic rings. The highest BCUT2D eigenvalue weighted by molar-refractivity contribution is 5.98. The van der Waals surface area contributed by atoms with Gasteiger partial charge in [0.1, 0.15) is 60.5 Å². The molecule has 8 atom stereocenters. The van der Waals surface area contributed by atoms with Crippen LogP contribution in [0.2, 0.25) is 0 Å². The fraction of sp³-hybridized carbons (Fsp3) is 0.662. The van der Waals surface area contributed by atoms with Crippen LogP contribution in [0, 0.1) is 0 Å². The number of nitrogens with one attached hydrogen (secondary N) is 16. The normalized spacial score (nSPS) is 14.1. The standard InChI is InChI=1S/C68H88F24N16O19/c1-60(2,3)127-59(125)108-41(23-13-31-99-57(123)67(87,88)89)49(115)106-39(21-11-29-97-55(121)65(81,82)83)47(113)104-37(19-9-27-95-53(119)63(75,76)77)45(111)102-35(17-7-25-93-51(117)61(69,70)71)43(109)101-36(18-8-26-94-52(118)62(72,73)74)44(110)103-38(20-10-28-96-54(120)64(78,79)80)46(112)105-40(22-12-30-98-56(122)66(84,85)86)48(114)107-42(24-14-32-100-58(124)68(90,91)92)50(116)126-33-34-15-5-4-6-16-34/h4-6,15-16,35-42H,7-14,17-33H2,1-3H3,(H,93,117)(H,94,118)(H,95,119)(H,96,120)(H,97,121)(H,98,122)(H,99,123)(H,100,124)(H,101,109)(H,102,111)(H,103,110)(H,104,113)(H,105,112)(H,106,115)(H,107,114)(H,108,125)/t35-,36-,37-,38-,39-,40-,41-,42-/m0/s1. The molecule has 722 valence electrons. The molecule has 0 heterocycles. The second kappa shape index (κ2) is 51.8. The number of carbonyl (C=O) groups is 17. The summed E-state index contributed by atoms with van der Waals surface area (Å²) in [5, 5.41) is 26.6. The van der Waals surface area contributed by atoms with Crippen LogP contribution in [0.5, 0.6) is 0 Å². The van der Waals surface area contributed by atoms with Crippen LogP contribution < -0.4 is 85.1 Å². The molecule has 59 heteroatoms. The Hall–Kier alpha value is -11.7. The van der Waals surface area contributed by atoms with E-state index >= 15 is 0 Å². The number of ether oxygens (including phenoxy) is 2. The number of benzene rings is 1. The summed E-state index contributed by atoms with van der Waals surface area (Å²) in [5.41, 5.74) is -1.16. The molecule has 0 saturated carbocycles. The average molecular weight is 1890 g/mol. The van der Waals surface area contributed by atoms with Gasteiger partial charge >= 0.3 is 109 Å². The first kappa shape index (κ1) is 113. The SMILES string of the molecule is CC(C)(C)OC(=O)N[C@@H](CCCNC(=O)C(F)(F)F)C(=O)N[C@@H](CCCNC(=O)C(F)(F)F)C(=O)N[C@@H](CCCNC(=O)C(F)(F)F)C(=O)N[C@@H](CCCNC(=O)C(F)(F)F)C(=O)N[C@@H](CCCNC(=O)C(F)(F)F)C(=O)N[C@@H](CCCNC(=O)C(F)(F)F)C(=O)N[C@@H](CCCNC(=O)C(F)(F)F)C(=O)N[C@@H](CCCNC(=O)C(F)(F)F)C(=O)OCc1ccccc1. The average Bonchev–Trinajstić information content (AvgIpc) is 0.868. The number of halogens is 24. The minimum Gasteiger partial charge on any atom is -0.459 e. The van der Waals surface area contributed by atoms with Crippen molar-refractivity contribution in [3.8, 4) is 0 Å². The molecule has 0 fully saturated rings. The van der Waals surface area contributed by atoms with Crippen molar-refractivity contribution >= 4 is 101 Å². The van der Waals surface area contributed by atoms with Gasteiger partial charge in [0.05, 0.1) is 0 Å². The molecule has 0 aliphatic carbocycles. The Morgan fingerprint density at radius 1 is 0.252 bits per heavy atom. The van der Waals surface area contributed by atoms with Gasteiger partial charge in [0.2, 0.25) is 41.4 Å². The molecule has 0 unspecified atom stereocenters. The summed E-state index contributed by atoms with van der Waals surface area (Å²) in [6, 6.07) is -11.7. The summed E-state index contributed by atoms with van der Waals surface area (Å²) in [6.45, 7) is -5.47. The molecule has 0 bridgehead atoms. The van der Waals surface area contributed by atoms with E-state index in [2.05, 4.69) is 0 Å². The van der Waals surface area contributed by atoms with Gasteiger partial charge < -0.3 is 94.5 Å². The number of rotatable bonds is 50. The fourth-order valence-electron chi connectivity index (χ4n) is 10.2. The topological polar surface area (TPSA) is 501 Å². The van der Waals surface area contributed by atoms with Gasteiger partial charge in [-0.15, -0.1) is 0 Å². The lowest BCUT2D eigenvalue weighted by atomic mass is 10.0. The highest BCUT2D eigenvalue weighted by atomic mass is 19.4. The summed E-state index contributed by atoms with van der Waals surface area (Å²) in [7, 11) is 0. The maximum Gasteiger partial charge on any atom is 0.471 e. The summed E-state index contributed by atoms with van der Waals surface area (Å²) in [5.74, 6) is -34.7. The van der Waals surface area contributed by atoms with Crippen molar-refractivity contribution in [3.05, 3.63) is 35.9 Å². The summed E-state index contributed by atoms with van der Waals surface area (Å²) < 4.78 is 329. The molecule has 1 rings (SSSR count). The first-order valence-electron chi connectivity index (χ1n) is 37.4. The van der Waals surface area contributed by atoms with Crippen molar-refractivity contribution in [2.45, 2.75) is 233 Å². The summed E-state index contributed by atoms with van der Waals surface area (Å²) in [4.78, 5) is 223. The molecule has 0 aliphatic rings. The molecule has 0 radical (unpaired) electrons. The summed E-state index contributed by atoms with van der Waals surface area (Å²) in [6.07, 6.45) is -61.3. The van der Waals surface area contributed by atoms with E-state index in [1.807, 2.05) is 42.5 Å². The van der Waals surface area contributed by atoms with E-state index in [1.54, 1.807) is 0 Å². The largest absolute Gasteiger partial charge is 0.471 e. The number of hydrogen-bond donors (Lipinski definition) is 16. The molecule has 35 nitrogen and oxygen atoms in total. The zero-order chi connectivity index (χ0) is 97.5. The highest BCUT2D eigenvalue weighted by Crippen LogP contribution is 2.23. The highest BCUT2D eigenvalue weighted by Gasteiger charge is 2.46. The van der Waals surface area contributed by atoms with Crippen LogP contribution in [0.3, 0.4) is 0 Å². The molecule has 1 aromatic carbocycles. The van der Waals surface area contributed by atoms with Crippen molar-refractivity contribution in [1.29, 1.82) is 0 Å². The monoisotopic (exact) mass is 1890 g/mol. The molecular weight excluding hydrogens is 1800 g/mol. The van der Waals surface area contributed by atoms with Gasteiger partial charge in [-0.25, -0.2) is 9.59 Å². The molecule has 0 saturated heterocycles. The number of hydrogen-bond acceptors (Lipinski definition) is 19. The van der Waals surface area contributed by atoms with Gasteiger partial charge in [-0.3, -0.25) is 71.9 Å². The van der Waals surface area contributed by atoms with E-state index < -0.39 is 366 Å². The van der Waals surface area contributed by atoms with Gasteiger partial charge in [-0.2, -0.15) is 105 Å². The molecular formula is C68H88F24N16O19. The molecule has 0 aromatic heterocycles. The molecule has 0 aliphatic heterocycles. The zero-order valence-electron chi connectivity index (χ0n) is 66.5. The molecule has 16 N–H and O–H groups in total. The number of alkyl halides is 24. The molecule has 127 heavy (non-hydrogen) atoms. The van der Waals surface area contributed by atoms with Gasteiger partial charge in [0, 0.05) is 52.4 Å². The molecule has 0 spiro atoms. The predicted molar refractivity (Wildman–Crippen MR) is 379 cm³/mol.